The van der Waals surface area contributed by atoms with Crippen molar-refractivity contribution in [1.82, 2.24) is 0 Å². The van der Waals surface area contributed by atoms with Crippen molar-refractivity contribution in [2.75, 3.05) is 0 Å². The van der Waals surface area contributed by atoms with Crippen molar-refractivity contribution in [3.8, 4) is 0 Å². The Morgan fingerprint density at radius 2 is 1.03 bits per heavy atom. The summed E-state index contributed by atoms with van der Waals surface area (Å²) in [4.78, 5) is 11.5. The Kier molecular flexibility index (Phi) is 12.2. The van der Waals surface area contributed by atoms with Gasteiger partial charge in [-0.05, 0) is 69.4 Å². The van der Waals surface area contributed by atoms with Crippen LogP contribution >= 0.6 is 0 Å². The van der Waals surface area contributed by atoms with E-state index in [1.54, 1.807) is 0 Å². The fourth-order valence-electron chi connectivity index (χ4n) is 3.94. The molecule has 3 rings (SSSR count). The van der Waals surface area contributed by atoms with Crippen LogP contribution in [0.4, 0.5) is 0 Å². The van der Waals surface area contributed by atoms with E-state index in [1.165, 1.54) is 25.7 Å². The number of rotatable bonds is 6. The Hall–Kier alpha value is -1.72. The highest BCUT2D eigenvalue weighted by atomic mass is 17.2. The lowest BCUT2D eigenvalue weighted by Crippen LogP contribution is -2.29. The second kappa shape index (κ2) is 13.7. The summed E-state index contributed by atoms with van der Waals surface area (Å²) in [6.07, 6.45) is 5.92. The van der Waals surface area contributed by atoms with E-state index in [0.29, 0.717) is 0 Å². The van der Waals surface area contributed by atoms with Crippen molar-refractivity contribution in [1.29, 1.82) is 0 Å². The van der Waals surface area contributed by atoms with Crippen molar-refractivity contribution in [3.63, 3.8) is 0 Å². The molecule has 1 aliphatic rings. The molecule has 0 radical (unpaired) electrons. The van der Waals surface area contributed by atoms with Crippen molar-refractivity contribution in [2.24, 2.45) is 17.8 Å². The van der Waals surface area contributed by atoms with Crippen LogP contribution in [0, 0.1) is 17.8 Å². The smallest absolute Gasteiger partial charge is 0.123 e. The maximum Gasteiger partial charge on any atom is 0.123 e. The molecule has 0 heterocycles. The second-order valence-electron chi connectivity index (χ2n) is 10.2. The fourth-order valence-corrected chi connectivity index (χ4v) is 3.94. The van der Waals surface area contributed by atoms with Gasteiger partial charge in [0.2, 0.25) is 0 Å². The highest BCUT2D eigenvalue weighted by Gasteiger charge is 2.29. The molecule has 2 N–H and O–H groups in total. The zero-order chi connectivity index (χ0) is 24.2. The first-order chi connectivity index (χ1) is 15.1. The zero-order valence-corrected chi connectivity index (χ0v) is 21.0. The molecule has 0 saturated heterocycles. The van der Waals surface area contributed by atoms with Gasteiger partial charge in [-0.25, -0.2) is 9.78 Å². The van der Waals surface area contributed by atoms with Crippen LogP contribution in [-0.2, 0) is 21.0 Å². The predicted molar refractivity (Wildman–Crippen MR) is 132 cm³/mol. The maximum atomic E-state index is 6.00. The van der Waals surface area contributed by atoms with Crippen molar-refractivity contribution in [3.05, 3.63) is 71.8 Å². The van der Waals surface area contributed by atoms with Crippen LogP contribution in [0.15, 0.2) is 60.7 Å². The summed E-state index contributed by atoms with van der Waals surface area (Å²) < 4.78 is 0. The van der Waals surface area contributed by atoms with Crippen LogP contribution in [0.25, 0.3) is 0 Å². The van der Waals surface area contributed by atoms with Gasteiger partial charge in [-0.3, -0.25) is 10.5 Å². The highest BCUT2D eigenvalue weighted by Crippen LogP contribution is 2.33. The molecule has 2 aromatic carbocycles. The van der Waals surface area contributed by atoms with Crippen LogP contribution in [0.1, 0.15) is 85.3 Å². The maximum absolute atomic E-state index is 6.00. The van der Waals surface area contributed by atoms with Crippen LogP contribution < -0.4 is 0 Å². The van der Waals surface area contributed by atoms with Gasteiger partial charge >= 0.3 is 0 Å². The van der Waals surface area contributed by atoms with Gasteiger partial charge in [0.25, 0.3) is 0 Å². The lowest BCUT2D eigenvalue weighted by molar-refractivity contribution is -0.410. The molecular formula is C28H44O4. The van der Waals surface area contributed by atoms with Gasteiger partial charge in [0, 0.05) is 0 Å². The lowest BCUT2D eigenvalue weighted by atomic mass is 9.78. The molecule has 2 aromatic rings. The Morgan fingerprint density at radius 1 is 0.688 bits per heavy atom. The summed E-state index contributed by atoms with van der Waals surface area (Å²) in [6.45, 7) is 15.1. The normalized spacial score (nSPS) is 18.8. The first-order valence-corrected chi connectivity index (χ1v) is 11.8. The number of hydrogen-bond donors (Lipinski definition) is 2. The van der Waals surface area contributed by atoms with Gasteiger partial charge < -0.3 is 0 Å². The molecule has 0 bridgehead atoms. The largest absolute Gasteiger partial charge is 0.255 e. The van der Waals surface area contributed by atoms with Gasteiger partial charge in [0.15, 0.2) is 0 Å². The van der Waals surface area contributed by atoms with E-state index < -0.39 is 11.2 Å². The van der Waals surface area contributed by atoms with Gasteiger partial charge in [-0.1, -0.05) is 94.3 Å². The summed E-state index contributed by atoms with van der Waals surface area (Å²) in [7, 11) is 0. The first kappa shape index (κ1) is 28.3. The van der Waals surface area contributed by atoms with Gasteiger partial charge in [-0.15, -0.1) is 0 Å². The molecule has 0 amide bonds. The molecule has 4 heteroatoms. The topological polar surface area (TPSA) is 58.9 Å². The first-order valence-electron chi connectivity index (χ1n) is 11.8. The van der Waals surface area contributed by atoms with Crippen LogP contribution in [-0.4, -0.2) is 10.5 Å². The SMILES string of the molecule is CC(C)(OOC(C)(C)c1ccccc1)c1ccccc1.CC1CCC(C(C)C)CC1.OO. The van der Waals surface area contributed by atoms with Gasteiger partial charge in [0.05, 0.1) is 0 Å². The van der Waals surface area contributed by atoms with Crippen LogP contribution in [0.5, 0.6) is 0 Å². The highest BCUT2D eigenvalue weighted by molar-refractivity contribution is 5.22. The van der Waals surface area contributed by atoms with E-state index in [0.717, 1.165) is 28.9 Å². The minimum Gasteiger partial charge on any atom is -0.255 e. The summed E-state index contributed by atoms with van der Waals surface area (Å²) >= 11 is 0. The number of benzene rings is 2. The Bertz CT molecular complexity index is 666. The molecule has 0 spiro atoms. The molecular weight excluding hydrogens is 400 g/mol. The predicted octanol–water partition coefficient (Wildman–Crippen LogP) is 8.29. The van der Waals surface area contributed by atoms with Crippen molar-refractivity contribution < 1.29 is 20.3 Å². The molecule has 0 aromatic heterocycles. The second-order valence-corrected chi connectivity index (χ2v) is 10.2. The van der Waals surface area contributed by atoms with Crippen molar-refractivity contribution >= 4 is 0 Å². The fraction of sp³-hybridized carbons (Fsp3) is 0.571. The van der Waals surface area contributed by atoms with Crippen molar-refractivity contribution in [2.45, 2.75) is 85.4 Å². The molecule has 0 unspecified atom stereocenters. The third-order valence-corrected chi connectivity index (χ3v) is 6.40. The van der Waals surface area contributed by atoms with E-state index in [9.17, 15) is 0 Å². The average molecular weight is 445 g/mol. The zero-order valence-electron chi connectivity index (χ0n) is 21.0. The van der Waals surface area contributed by atoms with E-state index >= 15 is 0 Å². The average Bonchev–Trinajstić information content (AvgIpc) is 2.81. The molecule has 180 valence electrons. The van der Waals surface area contributed by atoms with Crippen LogP contribution in [0.2, 0.25) is 0 Å². The minimum atomic E-state index is -0.493. The van der Waals surface area contributed by atoms with E-state index in [1.807, 2.05) is 88.4 Å². The Morgan fingerprint density at radius 3 is 1.34 bits per heavy atom. The third-order valence-electron chi connectivity index (χ3n) is 6.40. The van der Waals surface area contributed by atoms with E-state index in [2.05, 4.69) is 20.8 Å². The van der Waals surface area contributed by atoms with Gasteiger partial charge in [-0.2, -0.15) is 0 Å². The quantitative estimate of drug-likeness (QED) is 0.347. The molecule has 32 heavy (non-hydrogen) atoms. The summed E-state index contributed by atoms with van der Waals surface area (Å²) in [5.74, 6) is 2.97. The lowest BCUT2D eigenvalue weighted by Gasteiger charge is -2.31. The van der Waals surface area contributed by atoms with Crippen LogP contribution in [0.3, 0.4) is 0 Å². The van der Waals surface area contributed by atoms with E-state index in [4.69, 9.17) is 20.3 Å². The molecule has 1 aliphatic carbocycles. The molecule has 0 atom stereocenters. The molecule has 1 saturated carbocycles. The monoisotopic (exact) mass is 444 g/mol. The minimum absolute atomic E-state index is 0.493. The summed E-state index contributed by atoms with van der Waals surface area (Å²) in [6, 6.07) is 20.2. The summed E-state index contributed by atoms with van der Waals surface area (Å²) in [5, 5.41) is 12.0. The Balaban J connectivity index is 0.000000358. The molecule has 0 aliphatic heterocycles. The standard InChI is InChI=1S/C18H22O2.C10H20.H2O2/c1-17(2,15-11-7-5-8-12-15)19-20-18(3,4)16-13-9-6-10-14-16;1-8(2)10-6-4-9(3)5-7-10;1-2/h5-14H,1-4H3;8-10H,4-7H2,1-3H3;1-2H. The number of hydrogen-bond acceptors (Lipinski definition) is 4. The Labute approximate surface area is 195 Å². The molecule has 4 nitrogen and oxygen atoms in total. The van der Waals surface area contributed by atoms with E-state index in [-0.39, 0.29) is 0 Å². The molecule has 1 fully saturated rings. The van der Waals surface area contributed by atoms with Gasteiger partial charge in [0.1, 0.15) is 11.2 Å². The third kappa shape index (κ3) is 9.41. The summed E-state index contributed by atoms with van der Waals surface area (Å²) in [5.41, 5.74) is 1.19.